The fourth-order valence-electron chi connectivity index (χ4n) is 5.27. The first-order chi connectivity index (χ1) is 7.23. The molecule has 2 bridgehead atoms. The van der Waals surface area contributed by atoms with E-state index in [0.717, 1.165) is 17.3 Å². The summed E-state index contributed by atoms with van der Waals surface area (Å²) in [5, 5.41) is 1.54. The average Bonchev–Trinajstić information content (AvgIpc) is 2.42. The van der Waals surface area contributed by atoms with Crippen LogP contribution in [-0.2, 0) is 0 Å². The third-order valence-electron chi connectivity index (χ3n) is 5.81. The van der Waals surface area contributed by atoms with Gasteiger partial charge in [-0.3, -0.25) is 0 Å². The van der Waals surface area contributed by atoms with Crippen LogP contribution >= 0.6 is 0 Å². The van der Waals surface area contributed by atoms with Gasteiger partial charge in [-0.05, 0) is 5.31 Å². The maximum atomic E-state index is 2.44. The molecule has 2 saturated heterocycles. The van der Waals surface area contributed by atoms with Gasteiger partial charge >= 0.3 is 0 Å². The molecule has 2 aliphatic heterocycles. The number of fused-ring (bicyclic) bond motifs is 2. The molecule has 0 spiro atoms. The van der Waals surface area contributed by atoms with E-state index < -0.39 is 0 Å². The topological polar surface area (TPSA) is 0 Å². The fourth-order valence-corrected chi connectivity index (χ4v) is 5.27. The molecule has 2 rings (SSSR count). The van der Waals surface area contributed by atoms with Crippen LogP contribution < -0.4 is 0 Å². The van der Waals surface area contributed by atoms with Crippen molar-refractivity contribution >= 4 is 6.71 Å². The Hall–Kier alpha value is 0.0649. The van der Waals surface area contributed by atoms with Gasteiger partial charge < -0.3 is 0 Å². The Morgan fingerprint density at radius 3 is 2.20 bits per heavy atom. The number of hydrogen-bond acceptors (Lipinski definition) is 0. The number of hydrogen-bond donors (Lipinski definition) is 0. The van der Waals surface area contributed by atoms with Crippen molar-refractivity contribution in [1.82, 2.24) is 0 Å². The second-order valence-corrected chi connectivity index (χ2v) is 6.14. The van der Waals surface area contributed by atoms with Gasteiger partial charge in [-0.15, -0.1) is 0 Å². The zero-order chi connectivity index (χ0) is 10.9. The number of rotatable bonds is 4. The van der Waals surface area contributed by atoms with Crippen LogP contribution in [-0.4, -0.2) is 6.71 Å². The van der Waals surface area contributed by atoms with E-state index in [0.29, 0.717) is 0 Å². The van der Waals surface area contributed by atoms with Crippen molar-refractivity contribution in [2.24, 2.45) is 0 Å². The monoisotopic (exact) mass is 206 g/mol. The third-order valence-corrected chi connectivity index (χ3v) is 5.81. The van der Waals surface area contributed by atoms with E-state index >= 15 is 0 Å². The molecule has 2 heterocycles. The van der Waals surface area contributed by atoms with Crippen LogP contribution in [0.4, 0.5) is 0 Å². The molecule has 0 aromatic carbocycles. The van der Waals surface area contributed by atoms with Gasteiger partial charge in [0.25, 0.3) is 0 Å². The maximum absolute atomic E-state index is 2.44. The molecule has 2 aliphatic rings. The summed E-state index contributed by atoms with van der Waals surface area (Å²) in [7, 11) is 0. The Morgan fingerprint density at radius 2 is 1.60 bits per heavy atom. The van der Waals surface area contributed by atoms with E-state index in [2.05, 4.69) is 20.8 Å². The Labute approximate surface area is 96.3 Å². The minimum atomic E-state index is 0.766. The summed E-state index contributed by atoms with van der Waals surface area (Å²) in [6.07, 6.45) is 13.5. The van der Waals surface area contributed by atoms with Crippen molar-refractivity contribution in [3.05, 3.63) is 0 Å². The maximum Gasteiger partial charge on any atom is 0.152 e. The van der Waals surface area contributed by atoms with E-state index in [1.54, 1.807) is 19.3 Å². The Morgan fingerprint density at radius 1 is 0.933 bits per heavy atom. The van der Waals surface area contributed by atoms with Gasteiger partial charge in [0.2, 0.25) is 0 Å². The summed E-state index contributed by atoms with van der Waals surface area (Å²) >= 11 is 0. The molecule has 0 saturated carbocycles. The van der Waals surface area contributed by atoms with E-state index in [1.165, 1.54) is 38.4 Å². The molecule has 0 amide bonds. The Bertz CT molecular complexity index is 221. The van der Waals surface area contributed by atoms with E-state index in [-0.39, 0.29) is 0 Å². The highest BCUT2D eigenvalue weighted by Gasteiger charge is 2.58. The Balaban J connectivity index is 2.26. The van der Waals surface area contributed by atoms with Crippen LogP contribution in [0.15, 0.2) is 0 Å². The lowest BCUT2D eigenvalue weighted by atomic mass is 9.20. The zero-order valence-electron chi connectivity index (χ0n) is 10.9. The standard InChI is InChI=1S/C14H27B/c1-4-8-14-10-7-9-13(5-2,11-12-14)15(14)6-3/h4-12H2,1-3H3. The second-order valence-electron chi connectivity index (χ2n) is 6.14. The summed E-state index contributed by atoms with van der Waals surface area (Å²) in [4.78, 5) is 0. The van der Waals surface area contributed by atoms with Crippen LogP contribution in [0.1, 0.15) is 72.1 Å². The molecule has 86 valence electrons. The van der Waals surface area contributed by atoms with Crippen LogP contribution in [0.3, 0.4) is 0 Å². The molecule has 1 heteroatoms. The van der Waals surface area contributed by atoms with Crippen molar-refractivity contribution < 1.29 is 0 Å². The summed E-state index contributed by atoms with van der Waals surface area (Å²) in [5.74, 6) is 0. The lowest BCUT2D eigenvalue weighted by Gasteiger charge is -2.45. The zero-order valence-corrected chi connectivity index (χ0v) is 10.9. The van der Waals surface area contributed by atoms with Crippen molar-refractivity contribution in [3.63, 3.8) is 0 Å². The molecule has 0 aliphatic carbocycles. The molecule has 0 aromatic rings. The summed E-state index contributed by atoms with van der Waals surface area (Å²) < 4.78 is 0. The van der Waals surface area contributed by atoms with Gasteiger partial charge in [-0.1, -0.05) is 83.8 Å². The highest BCUT2D eigenvalue weighted by atomic mass is 14.5. The average molecular weight is 206 g/mol. The lowest BCUT2D eigenvalue weighted by molar-refractivity contribution is 0.415. The van der Waals surface area contributed by atoms with Crippen LogP contribution in [0.25, 0.3) is 0 Å². The SMILES string of the molecule is CCCC12CCCC(CC)(CC1)B2CC. The molecule has 0 aromatic heterocycles. The first-order valence-electron chi connectivity index (χ1n) is 7.23. The highest BCUT2D eigenvalue weighted by Crippen LogP contribution is 2.69. The highest BCUT2D eigenvalue weighted by molar-refractivity contribution is 6.66. The summed E-state index contributed by atoms with van der Waals surface area (Å²) in [6, 6.07) is 0. The van der Waals surface area contributed by atoms with Gasteiger partial charge in [-0.25, -0.2) is 0 Å². The smallest absolute Gasteiger partial charge is 0.0761 e. The predicted molar refractivity (Wildman–Crippen MR) is 69.9 cm³/mol. The minimum Gasteiger partial charge on any atom is -0.0761 e. The Kier molecular flexibility index (Phi) is 3.19. The van der Waals surface area contributed by atoms with Crippen molar-refractivity contribution in [3.8, 4) is 0 Å². The van der Waals surface area contributed by atoms with Gasteiger partial charge in [0.05, 0.1) is 0 Å². The molecular weight excluding hydrogens is 179 g/mol. The van der Waals surface area contributed by atoms with Crippen LogP contribution in [0.2, 0.25) is 16.9 Å². The molecule has 0 radical (unpaired) electrons. The van der Waals surface area contributed by atoms with Crippen molar-refractivity contribution in [1.29, 1.82) is 0 Å². The normalized spacial score (nSPS) is 39.8. The van der Waals surface area contributed by atoms with Crippen LogP contribution in [0, 0.1) is 0 Å². The summed E-state index contributed by atoms with van der Waals surface area (Å²) in [6.45, 7) is 8.32. The molecule has 2 fully saturated rings. The van der Waals surface area contributed by atoms with Crippen molar-refractivity contribution in [2.75, 3.05) is 0 Å². The first-order valence-corrected chi connectivity index (χ1v) is 7.23. The quantitative estimate of drug-likeness (QED) is 0.556. The van der Waals surface area contributed by atoms with Gasteiger partial charge in [-0.2, -0.15) is 0 Å². The summed E-state index contributed by atoms with van der Waals surface area (Å²) in [5.41, 5.74) is 0. The van der Waals surface area contributed by atoms with Gasteiger partial charge in [0.1, 0.15) is 0 Å². The molecule has 0 N–H and O–H groups in total. The van der Waals surface area contributed by atoms with Gasteiger partial charge in [0, 0.05) is 0 Å². The largest absolute Gasteiger partial charge is 0.152 e. The second kappa shape index (κ2) is 4.15. The van der Waals surface area contributed by atoms with E-state index in [9.17, 15) is 0 Å². The lowest BCUT2D eigenvalue weighted by Crippen LogP contribution is -2.39. The fraction of sp³-hybridized carbons (Fsp3) is 1.00. The molecular formula is C14H27B. The van der Waals surface area contributed by atoms with Crippen LogP contribution in [0.5, 0.6) is 0 Å². The van der Waals surface area contributed by atoms with Gasteiger partial charge in [0.15, 0.2) is 6.71 Å². The molecule has 15 heavy (non-hydrogen) atoms. The minimum absolute atomic E-state index is 0.766. The van der Waals surface area contributed by atoms with E-state index in [4.69, 9.17) is 0 Å². The molecule has 2 atom stereocenters. The first kappa shape index (κ1) is 11.5. The third kappa shape index (κ3) is 1.57. The van der Waals surface area contributed by atoms with E-state index in [1.807, 2.05) is 0 Å². The molecule has 0 nitrogen and oxygen atoms in total. The molecule has 2 unspecified atom stereocenters. The van der Waals surface area contributed by atoms with Crippen molar-refractivity contribution in [2.45, 2.75) is 89.1 Å². The predicted octanol–water partition coefficient (Wildman–Crippen LogP) is 5.17.